The van der Waals surface area contributed by atoms with Gasteiger partial charge in [-0.05, 0) is 18.6 Å². The first-order chi connectivity index (χ1) is 11.2. The lowest BCUT2D eigenvalue weighted by molar-refractivity contribution is 0.106. The Morgan fingerprint density at radius 1 is 0.783 bits per heavy atom. The summed E-state index contributed by atoms with van der Waals surface area (Å²) in [5.74, 6) is 0. The topological polar surface area (TPSA) is 9.72 Å². The van der Waals surface area contributed by atoms with Crippen LogP contribution in [-0.4, -0.2) is 25.5 Å². The van der Waals surface area contributed by atoms with Crippen LogP contribution in [0.1, 0.15) is 43.2 Å². The van der Waals surface area contributed by atoms with Crippen LogP contribution < -0.4 is 9.80 Å². The summed E-state index contributed by atoms with van der Waals surface area (Å²) in [6.07, 6.45) is 3.12. The highest BCUT2D eigenvalue weighted by atomic mass is 15.5. The number of hydrogen-bond acceptors (Lipinski definition) is 3. The summed E-state index contributed by atoms with van der Waals surface area (Å²) in [4.78, 5) is 7.56. The Bertz CT molecular complexity index is 654. The van der Waals surface area contributed by atoms with Gasteiger partial charge in [-0.3, -0.25) is 4.90 Å². The first-order valence-corrected chi connectivity index (χ1v) is 8.63. The van der Waals surface area contributed by atoms with Crippen LogP contribution in [0.15, 0.2) is 48.5 Å². The molecule has 2 unspecified atom stereocenters. The monoisotopic (exact) mass is 307 g/mol. The Morgan fingerprint density at radius 3 is 1.74 bits per heavy atom. The van der Waals surface area contributed by atoms with Crippen LogP contribution >= 0.6 is 0 Å². The van der Waals surface area contributed by atoms with Crippen molar-refractivity contribution in [1.82, 2.24) is 4.90 Å². The quantitative estimate of drug-likeness (QED) is 0.833. The number of benzene rings is 2. The number of unbranched alkanes of at least 4 members (excludes halogenated alkanes) is 1. The molecule has 0 N–H and O–H groups in total. The smallest absolute Gasteiger partial charge is 0.112 e. The second-order valence-electron chi connectivity index (χ2n) is 6.68. The fourth-order valence-electron chi connectivity index (χ4n) is 4.26. The summed E-state index contributed by atoms with van der Waals surface area (Å²) in [6.45, 7) is 3.40. The summed E-state index contributed by atoms with van der Waals surface area (Å²) in [7, 11) is 4.47. The van der Waals surface area contributed by atoms with Crippen molar-refractivity contribution in [1.29, 1.82) is 0 Å². The molecule has 2 aromatic carbocycles. The maximum atomic E-state index is 2.66. The number of anilines is 2. The van der Waals surface area contributed by atoms with Crippen LogP contribution in [0.4, 0.5) is 11.4 Å². The van der Waals surface area contributed by atoms with Crippen LogP contribution in [0.25, 0.3) is 0 Å². The van der Waals surface area contributed by atoms with Gasteiger partial charge in [0.1, 0.15) is 12.3 Å². The van der Waals surface area contributed by atoms with Crippen molar-refractivity contribution in [2.75, 3.05) is 30.4 Å². The number of rotatable bonds is 3. The molecular formula is C20H25N3. The minimum Gasteiger partial charge on any atom is -0.354 e. The molecule has 3 heteroatoms. The van der Waals surface area contributed by atoms with Gasteiger partial charge < -0.3 is 9.80 Å². The second-order valence-corrected chi connectivity index (χ2v) is 6.68. The molecule has 2 aliphatic rings. The molecule has 0 aliphatic carbocycles. The van der Waals surface area contributed by atoms with E-state index in [1.807, 2.05) is 0 Å². The van der Waals surface area contributed by atoms with Crippen molar-refractivity contribution in [3.8, 4) is 0 Å². The Labute approximate surface area is 139 Å². The molecule has 120 valence electrons. The van der Waals surface area contributed by atoms with E-state index in [9.17, 15) is 0 Å². The van der Waals surface area contributed by atoms with Crippen LogP contribution in [0.3, 0.4) is 0 Å². The average molecular weight is 307 g/mol. The van der Waals surface area contributed by atoms with Crippen molar-refractivity contribution in [2.45, 2.75) is 32.1 Å². The van der Waals surface area contributed by atoms with E-state index >= 15 is 0 Å². The van der Waals surface area contributed by atoms with Gasteiger partial charge in [0, 0.05) is 43.1 Å². The standard InChI is InChI=1S/C20H25N3/c1-4-5-14-23-19-16-11-7-9-13-18(16)22(3)20(23)15-10-6-8-12-17(15)21(19)2/h6-13,19-20H,4-5,14H2,1-3H3. The summed E-state index contributed by atoms with van der Waals surface area (Å²) >= 11 is 0. The molecular weight excluding hydrogens is 282 g/mol. The fraction of sp³-hybridized carbons (Fsp3) is 0.400. The number of fused-ring (bicyclic) bond motifs is 6. The van der Waals surface area contributed by atoms with E-state index < -0.39 is 0 Å². The number of nitrogens with zero attached hydrogens (tertiary/aromatic N) is 3. The fourth-order valence-corrected chi connectivity index (χ4v) is 4.26. The maximum absolute atomic E-state index is 2.66. The minimum absolute atomic E-state index is 0.328. The lowest BCUT2D eigenvalue weighted by Gasteiger charge is -2.56. The lowest BCUT2D eigenvalue weighted by Crippen LogP contribution is -2.54. The highest BCUT2D eigenvalue weighted by molar-refractivity contribution is 5.68. The summed E-state index contributed by atoms with van der Waals surface area (Å²) in [5, 5.41) is 0. The number of hydrogen-bond donors (Lipinski definition) is 0. The van der Waals surface area contributed by atoms with Crippen molar-refractivity contribution in [2.24, 2.45) is 0 Å². The van der Waals surface area contributed by atoms with E-state index in [2.05, 4.69) is 84.2 Å². The highest BCUT2D eigenvalue weighted by Crippen LogP contribution is 2.51. The van der Waals surface area contributed by atoms with Crippen LogP contribution in [0.5, 0.6) is 0 Å². The third-order valence-electron chi connectivity index (χ3n) is 5.32. The molecule has 4 rings (SSSR count). The summed E-state index contributed by atoms with van der Waals surface area (Å²) in [5.41, 5.74) is 5.55. The van der Waals surface area contributed by atoms with Crippen molar-refractivity contribution >= 4 is 11.4 Å². The highest BCUT2D eigenvalue weighted by Gasteiger charge is 2.44. The maximum Gasteiger partial charge on any atom is 0.112 e. The molecule has 2 aliphatic heterocycles. The zero-order valence-electron chi connectivity index (χ0n) is 14.2. The van der Waals surface area contributed by atoms with Crippen molar-refractivity contribution in [3.63, 3.8) is 0 Å². The molecule has 0 saturated carbocycles. The normalized spacial score (nSPS) is 22.7. The van der Waals surface area contributed by atoms with Crippen molar-refractivity contribution < 1.29 is 0 Å². The van der Waals surface area contributed by atoms with Gasteiger partial charge in [-0.25, -0.2) is 0 Å². The largest absolute Gasteiger partial charge is 0.354 e. The predicted molar refractivity (Wildman–Crippen MR) is 96.8 cm³/mol. The Hall–Kier alpha value is -2.00. The number of para-hydroxylation sites is 2. The summed E-state index contributed by atoms with van der Waals surface area (Å²) < 4.78 is 0. The Balaban J connectivity index is 1.91. The zero-order chi connectivity index (χ0) is 16.0. The van der Waals surface area contributed by atoms with E-state index in [-0.39, 0.29) is 0 Å². The predicted octanol–water partition coefficient (Wildman–Crippen LogP) is 4.39. The zero-order valence-corrected chi connectivity index (χ0v) is 14.2. The van der Waals surface area contributed by atoms with Crippen LogP contribution in [0, 0.1) is 0 Å². The molecule has 0 saturated heterocycles. The molecule has 2 atom stereocenters. The minimum atomic E-state index is 0.328. The van der Waals surface area contributed by atoms with Gasteiger partial charge in [0.2, 0.25) is 0 Å². The molecule has 2 heterocycles. The first-order valence-electron chi connectivity index (χ1n) is 8.63. The molecule has 0 spiro atoms. The first kappa shape index (κ1) is 14.6. The molecule has 3 nitrogen and oxygen atoms in total. The van der Waals surface area contributed by atoms with Gasteiger partial charge in [-0.1, -0.05) is 49.7 Å². The molecule has 0 aromatic heterocycles. The molecule has 2 bridgehead atoms. The Morgan fingerprint density at radius 2 is 1.26 bits per heavy atom. The molecule has 0 amide bonds. The van der Waals surface area contributed by atoms with E-state index in [4.69, 9.17) is 0 Å². The van der Waals surface area contributed by atoms with Crippen LogP contribution in [0.2, 0.25) is 0 Å². The van der Waals surface area contributed by atoms with E-state index in [0.29, 0.717) is 12.3 Å². The summed E-state index contributed by atoms with van der Waals surface area (Å²) in [6, 6.07) is 17.7. The van der Waals surface area contributed by atoms with Gasteiger partial charge in [-0.15, -0.1) is 0 Å². The Kier molecular flexibility index (Phi) is 3.53. The molecule has 23 heavy (non-hydrogen) atoms. The van der Waals surface area contributed by atoms with E-state index in [0.717, 1.165) is 6.54 Å². The molecule has 0 radical (unpaired) electrons. The van der Waals surface area contributed by atoms with Gasteiger partial charge in [0.15, 0.2) is 0 Å². The molecule has 2 aromatic rings. The van der Waals surface area contributed by atoms with Gasteiger partial charge in [-0.2, -0.15) is 0 Å². The SMILES string of the molecule is CCCCN1C2c3ccccc3N(C)C1c1ccccc1N2C. The van der Waals surface area contributed by atoms with Gasteiger partial charge in [0.05, 0.1) is 0 Å². The van der Waals surface area contributed by atoms with Crippen LogP contribution in [-0.2, 0) is 0 Å². The lowest BCUT2D eigenvalue weighted by atomic mass is 9.93. The third kappa shape index (κ3) is 2.07. The second kappa shape index (κ2) is 5.57. The third-order valence-corrected chi connectivity index (χ3v) is 5.32. The van der Waals surface area contributed by atoms with E-state index in [1.54, 1.807) is 0 Å². The molecule has 0 fully saturated rings. The van der Waals surface area contributed by atoms with Gasteiger partial charge >= 0.3 is 0 Å². The average Bonchev–Trinajstić information content (AvgIpc) is 2.59. The van der Waals surface area contributed by atoms with Crippen molar-refractivity contribution in [3.05, 3.63) is 59.7 Å². The van der Waals surface area contributed by atoms with E-state index in [1.165, 1.54) is 35.3 Å². The van der Waals surface area contributed by atoms with Gasteiger partial charge in [0.25, 0.3) is 0 Å².